The Morgan fingerprint density at radius 3 is 2.81 bits per heavy atom. The van der Waals surface area contributed by atoms with E-state index in [1.54, 1.807) is 12.5 Å². The van der Waals surface area contributed by atoms with E-state index in [2.05, 4.69) is 15.1 Å². The Hall–Kier alpha value is -2.63. The van der Waals surface area contributed by atoms with Crippen molar-refractivity contribution in [2.24, 2.45) is 0 Å². The highest BCUT2D eigenvalue weighted by atomic mass is 16.5. The first-order valence-corrected chi connectivity index (χ1v) is 6.63. The molecule has 0 aromatic carbocycles. The van der Waals surface area contributed by atoms with Crippen LogP contribution in [0, 0.1) is 13.8 Å². The first kappa shape index (κ1) is 13.4. The molecule has 0 atom stereocenters. The molecule has 108 valence electrons. The van der Waals surface area contributed by atoms with Gasteiger partial charge in [0.1, 0.15) is 23.7 Å². The average Bonchev–Trinajstić information content (AvgIpc) is 3.09. The van der Waals surface area contributed by atoms with Gasteiger partial charge in [-0.15, -0.1) is 0 Å². The minimum Gasteiger partial charge on any atom is -0.467 e. The van der Waals surface area contributed by atoms with E-state index in [-0.39, 0.29) is 0 Å². The highest BCUT2D eigenvalue weighted by Crippen LogP contribution is 2.32. The molecule has 0 bridgehead atoms. The van der Waals surface area contributed by atoms with Gasteiger partial charge in [-0.05, 0) is 26.0 Å². The van der Waals surface area contributed by atoms with Crippen molar-refractivity contribution in [3.8, 4) is 11.1 Å². The van der Waals surface area contributed by atoms with Crippen molar-refractivity contribution in [3.63, 3.8) is 0 Å². The number of furan rings is 1. The van der Waals surface area contributed by atoms with Crippen molar-refractivity contribution in [2.75, 3.05) is 11.9 Å². The van der Waals surface area contributed by atoms with Crippen molar-refractivity contribution < 1.29 is 8.94 Å². The molecule has 3 aromatic heterocycles. The van der Waals surface area contributed by atoms with Gasteiger partial charge in [-0.3, -0.25) is 0 Å². The fraction of sp³-hybridized carbons (Fsp3) is 0.267. The van der Waals surface area contributed by atoms with Crippen LogP contribution in [0.1, 0.15) is 17.2 Å². The van der Waals surface area contributed by atoms with Gasteiger partial charge in [0.15, 0.2) is 0 Å². The Kier molecular flexibility index (Phi) is 3.43. The molecular formula is C15H16N4O2. The number of rotatable bonds is 4. The predicted molar refractivity (Wildman–Crippen MR) is 77.8 cm³/mol. The van der Waals surface area contributed by atoms with Crippen LogP contribution >= 0.6 is 0 Å². The van der Waals surface area contributed by atoms with Crippen LogP contribution in [0.15, 0.2) is 39.9 Å². The summed E-state index contributed by atoms with van der Waals surface area (Å²) in [5.74, 6) is 2.45. The minimum atomic E-state index is 0.625. The van der Waals surface area contributed by atoms with Crippen LogP contribution in [-0.2, 0) is 6.54 Å². The Morgan fingerprint density at radius 1 is 1.29 bits per heavy atom. The van der Waals surface area contributed by atoms with Crippen molar-refractivity contribution in [3.05, 3.63) is 48.1 Å². The molecule has 0 saturated carbocycles. The maximum Gasteiger partial charge on any atom is 0.141 e. The fourth-order valence-corrected chi connectivity index (χ4v) is 2.38. The third-order valence-electron chi connectivity index (χ3n) is 3.33. The molecule has 0 saturated heterocycles. The SMILES string of the molecule is Cc1noc(C)c1-c1cncnc1N(C)Cc1ccco1. The molecule has 0 spiro atoms. The molecule has 21 heavy (non-hydrogen) atoms. The zero-order chi connectivity index (χ0) is 14.8. The van der Waals surface area contributed by atoms with Crippen molar-refractivity contribution in [1.82, 2.24) is 15.1 Å². The van der Waals surface area contributed by atoms with Crippen LogP contribution in [0.25, 0.3) is 11.1 Å². The van der Waals surface area contributed by atoms with E-state index in [1.165, 1.54) is 6.33 Å². The van der Waals surface area contributed by atoms with Crippen LogP contribution in [0.4, 0.5) is 5.82 Å². The molecule has 6 heteroatoms. The Morgan fingerprint density at radius 2 is 2.14 bits per heavy atom. The van der Waals surface area contributed by atoms with Gasteiger partial charge in [0.2, 0.25) is 0 Å². The summed E-state index contributed by atoms with van der Waals surface area (Å²) in [4.78, 5) is 10.5. The van der Waals surface area contributed by atoms with Gasteiger partial charge in [0.25, 0.3) is 0 Å². The molecule has 0 N–H and O–H groups in total. The second-order valence-electron chi connectivity index (χ2n) is 4.89. The van der Waals surface area contributed by atoms with Crippen LogP contribution in [0.5, 0.6) is 0 Å². The molecular weight excluding hydrogens is 268 g/mol. The first-order chi connectivity index (χ1) is 10.2. The Bertz CT molecular complexity index is 714. The second-order valence-corrected chi connectivity index (χ2v) is 4.89. The molecule has 0 aliphatic heterocycles. The van der Waals surface area contributed by atoms with Gasteiger partial charge in [-0.2, -0.15) is 0 Å². The van der Waals surface area contributed by atoms with E-state index in [9.17, 15) is 0 Å². The molecule has 0 radical (unpaired) electrons. The average molecular weight is 284 g/mol. The van der Waals surface area contributed by atoms with Crippen molar-refractivity contribution in [2.45, 2.75) is 20.4 Å². The van der Waals surface area contributed by atoms with Crippen molar-refractivity contribution in [1.29, 1.82) is 0 Å². The van der Waals surface area contributed by atoms with E-state index in [0.29, 0.717) is 6.54 Å². The van der Waals surface area contributed by atoms with Crippen LogP contribution < -0.4 is 4.90 Å². The number of aromatic nitrogens is 3. The van der Waals surface area contributed by atoms with Gasteiger partial charge in [0, 0.05) is 18.8 Å². The molecule has 0 aliphatic carbocycles. The number of nitrogens with zero attached hydrogens (tertiary/aromatic N) is 4. The minimum absolute atomic E-state index is 0.625. The van der Waals surface area contributed by atoms with E-state index < -0.39 is 0 Å². The smallest absolute Gasteiger partial charge is 0.141 e. The number of aryl methyl sites for hydroxylation is 2. The monoisotopic (exact) mass is 284 g/mol. The predicted octanol–water partition coefficient (Wildman–Crippen LogP) is 2.98. The summed E-state index contributed by atoms with van der Waals surface area (Å²) in [7, 11) is 1.96. The van der Waals surface area contributed by atoms with Crippen LogP contribution in [-0.4, -0.2) is 22.2 Å². The highest BCUT2D eigenvalue weighted by molar-refractivity contribution is 5.77. The lowest BCUT2D eigenvalue weighted by atomic mass is 10.1. The lowest BCUT2D eigenvalue weighted by Crippen LogP contribution is -2.18. The largest absolute Gasteiger partial charge is 0.467 e. The summed E-state index contributed by atoms with van der Waals surface area (Å²) in [6.45, 7) is 4.42. The third kappa shape index (κ3) is 2.52. The number of hydrogen-bond donors (Lipinski definition) is 0. The van der Waals surface area contributed by atoms with Gasteiger partial charge in [0.05, 0.1) is 24.1 Å². The molecule has 6 nitrogen and oxygen atoms in total. The fourth-order valence-electron chi connectivity index (χ4n) is 2.38. The van der Waals surface area contributed by atoms with E-state index in [1.807, 2.05) is 37.9 Å². The molecule has 0 unspecified atom stereocenters. The molecule has 0 fully saturated rings. The standard InChI is InChI=1S/C15H16N4O2/c1-10-14(11(2)21-18-10)13-7-16-9-17-15(13)19(3)8-12-5-4-6-20-12/h4-7,9H,8H2,1-3H3. The van der Waals surface area contributed by atoms with Crippen LogP contribution in [0.3, 0.4) is 0 Å². The Labute approximate surface area is 122 Å². The molecule has 3 heterocycles. The highest BCUT2D eigenvalue weighted by Gasteiger charge is 2.19. The van der Waals surface area contributed by atoms with Gasteiger partial charge < -0.3 is 13.8 Å². The first-order valence-electron chi connectivity index (χ1n) is 6.63. The lowest BCUT2D eigenvalue weighted by Gasteiger charge is -2.19. The summed E-state index contributed by atoms with van der Waals surface area (Å²) >= 11 is 0. The summed E-state index contributed by atoms with van der Waals surface area (Å²) in [6, 6.07) is 3.81. The second kappa shape index (κ2) is 5.40. The van der Waals surface area contributed by atoms with E-state index in [4.69, 9.17) is 8.94 Å². The van der Waals surface area contributed by atoms with Gasteiger partial charge in [-0.1, -0.05) is 5.16 Å². The summed E-state index contributed by atoms with van der Waals surface area (Å²) in [6.07, 6.45) is 4.99. The zero-order valence-corrected chi connectivity index (χ0v) is 12.2. The Balaban J connectivity index is 2.00. The molecule has 3 rings (SSSR count). The zero-order valence-electron chi connectivity index (χ0n) is 12.2. The summed E-state index contributed by atoms with van der Waals surface area (Å²) in [5, 5.41) is 4.00. The van der Waals surface area contributed by atoms with Crippen LogP contribution in [0.2, 0.25) is 0 Å². The quantitative estimate of drug-likeness (QED) is 0.733. The van der Waals surface area contributed by atoms with Crippen molar-refractivity contribution >= 4 is 5.82 Å². The number of hydrogen-bond acceptors (Lipinski definition) is 6. The molecule has 0 amide bonds. The summed E-state index contributed by atoms with van der Waals surface area (Å²) in [5.41, 5.74) is 2.68. The summed E-state index contributed by atoms with van der Waals surface area (Å²) < 4.78 is 10.6. The van der Waals surface area contributed by atoms with Gasteiger partial charge >= 0.3 is 0 Å². The molecule has 3 aromatic rings. The molecule has 0 aliphatic rings. The topological polar surface area (TPSA) is 68.2 Å². The van der Waals surface area contributed by atoms with E-state index >= 15 is 0 Å². The number of anilines is 1. The third-order valence-corrected chi connectivity index (χ3v) is 3.33. The lowest BCUT2D eigenvalue weighted by molar-refractivity contribution is 0.393. The normalized spacial score (nSPS) is 10.8. The maximum absolute atomic E-state index is 5.39. The van der Waals surface area contributed by atoms with E-state index in [0.717, 1.165) is 34.2 Å². The maximum atomic E-state index is 5.39. The van der Waals surface area contributed by atoms with Gasteiger partial charge in [-0.25, -0.2) is 9.97 Å².